The highest BCUT2D eigenvalue weighted by Gasteiger charge is 2.29. The molecule has 0 amide bonds. The molecule has 1 aliphatic heterocycles. The zero-order valence-corrected chi connectivity index (χ0v) is 7.47. The predicted molar refractivity (Wildman–Crippen MR) is 43.3 cm³/mol. The highest BCUT2D eigenvalue weighted by molar-refractivity contribution is 5.32. The number of hydrogen-bond donors (Lipinski definition) is 1. The first-order valence-electron chi connectivity index (χ1n) is 4.14. The van der Waals surface area contributed by atoms with Crippen LogP contribution in [0.2, 0.25) is 0 Å². The van der Waals surface area contributed by atoms with E-state index in [1.165, 1.54) is 6.07 Å². The Morgan fingerprint density at radius 3 is 3.00 bits per heavy atom. The largest absolute Gasteiger partial charge is 0.468 e. The van der Waals surface area contributed by atoms with Gasteiger partial charge in [-0.25, -0.2) is 0 Å². The lowest BCUT2D eigenvalue weighted by molar-refractivity contribution is -0.154. The fourth-order valence-corrected chi connectivity index (χ4v) is 1.09. The molecule has 7 heteroatoms. The van der Waals surface area contributed by atoms with Gasteiger partial charge in [-0.3, -0.25) is 0 Å². The Hall–Kier alpha value is -1.50. The zero-order valence-electron chi connectivity index (χ0n) is 7.47. The highest BCUT2D eigenvalue weighted by Crippen LogP contribution is 2.24. The molecule has 0 saturated heterocycles. The van der Waals surface area contributed by atoms with Gasteiger partial charge >= 0.3 is 6.18 Å². The maximum atomic E-state index is 11.8. The van der Waals surface area contributed by atoms with Crippen molar-refractivity contribution in [3.63, 3.8) is 0 Å². The second-order valence-electron chi connectivity index (χ2n) is 2.94. The van der Waals surface area contributed by atoms with Gasteiger partial charge in [0.05, 0.1) is 6.54 Å². The third-order valence-corrected chi connectivity index (χ3v) is 1.73. The van der Waals surface area contributed by atoms with Gasteiger partial charge in [-0.15, -0.1) is 0 Å². The number of nitrogens with one attached hydrogen (secondary N) is 1. The van der Waals surface area contributed by atoms with Crippen LogP contribution in [0.25, 0.3) is 0 Å². The number of alkyl halides is 3. The molecule has 0 saturated carbocycles. The molecule has 1 aromatic rings. The number of halogens is 3. The van der Waals surface area contributed by atoms with Crippen LogP contribution in [0.4, 0.5) is 13.2 Å². The van der Waals surface area contributed by atoms with E-state index in [-0.39, 0.29) is 11.8 Å². The topological polar surface area (TPSA) is 43.4 Å². The summed E-state index contributed by atoms with van der Waals surface area (Å²) in [6.45, 7) is -0.867. The lowest BCUT2D eigenvalue weighted by Crippen LogP contribution is -2.19. The summed E-state index contributed by atoms with van der Waals surface area (Å²) in [5, 5.41) is 0. The fourth-order valence-electron chi connectivity index (χ4n) is 1.09. The highest BCUT2D eigenvalue weighted by atomic mass is 19.4. The molecule has 2 rings (SSSR count). The van der Waals surface area contributed by atoms with Crippen LogP contribution in [0, 0.1) is 0 Å². The van der Waals surface area contributed by atoms with Crippen molar-refractivity contribution in [1.82, 2.24) is 10.5 Å². The van der Waals surface area contributed by atoms with Crippen LogP contribution in [-0.4, -0.2) is 17.8 Å². The van der Waals surface area contributed by atoms with E-state index in [1.54, 1.807) is 6.07 Å². The quantitative estimate of drug-likeness (QED) is 0.818. The second-order valence-corrected chi connectivity index (χ2v) is 2.94. The van der Waals surface area contributed by atoms with Crippen LogP contribution in [0.5, 0.6) is 11.8 Å². The van der Waals surface area contributed by atoms with Gasteiger partial charge in [0, 0.05) is 11.6 Å². The van der Waals surface area contributed by atoms with Crippen molar-refractivity contribution in [3.05, 3.63) is 17.7 Å². The lowest BCUT2D eigenvalue weighted by atomic mass is 10.3. The number of fused-ring (bicyclic) bond motifs is 1. The van der Waals surface area contributed by atoms with Crippen molar-refractivity contribution in [2.45, 2.75) is 12.7 Å². The van der Waals surface area contributed by atoms with Crippen molar-refractivity contribution in [2.75, 3.05) is 6.61 Å². The first kappa shape index (κ1) is 10.0. The van der Waals surface area contributed by atoms with Crippen LogP contribution in [-0.2, 0) is 6.54 Å². The summed E-state index contributed by atoms with van der Waals surface area (Å²) in [6, 6.07) is 2.98. The maximum Gasteiger partial charge on any atom is 0.422 e. The van der Waals surface area contributed by atoms with Gasteiger partial charge in [-0.1, -0.05) is 0 Å². The van der Waals surface area contributed by atoms with Gasteiger partial charge < -0.3 is 9.57 Å². The van der Waals surface area contributed by atoms with Gasteiger partial charge in [0.15, 0.2) is 6.61 Å². The molecule has 2 heterocycles. The lowest BCUT2D eigenvalue weighted by Gasteiger charge is -2.08. The Bertz CT molecular complexity index is 367. The SMILES string of the molecule is FC(F)(F)COc1ccc2c(n1)ONC2. The van der Waals surface area contributed by atoms with Gasteiger partial charge in [0.25, 0.3) is 0 Å². The summed E-state index contributed by atoms with van der Waals surface area (Å²) in [4.78, 5) is 8.60. The molecule has 0 aromatic carbocycles. The molecular formula is C8H7F3N2O2. The number of aromatic nitrogens is 1. The molecule has 0 bridgehead atoms. The molecule has 15 heavy (non-hydrogen) atoms. The average molecular weight is 220 g/mol. The minimum Gasteiger partial charge on any atom is -0.468 e. The van der Waals surface area contributed by atoms with Crippen molar-refractivity contribution >= 4 is 0 Å². The van der Waals surface area contributed by atoms with Crippen LogP contribution < -0.4 is 15.1 Å². The molecule has 0 atom stereocenters. The minimum absolute atomic E-state index is 0.102. The predicted octanol–water partition coefficient (Wildman–Crippen LogP) is 1.42. The van der Waals surface area contributed by atoms with E-state index >= 15 is 0 Å². The van der Waals surface area contributed by atoms with Crippen molar-refractivity contribution < 1.29 is 22.7 Å². The molecule has 0 fully saturated rings. The number of nitrogens with zero attached hydrogens (tertiary/aromatic N) is 1. The molecule has 4 nitrogen and oxygen atoms in total. The van der Waals surface area contributed by atoms with Crippen LogP contribution in [0.1, 0.15) is 5.56 Å². The number of hydrogen-bond acceptors (Lipinski definition) is 4. The summed E-state index contributed by atoms with van der Waals surface area (Å²) < 4.78 is 39.9. The van der Waals surface area contributed by atoms with Gasteiger partial charge in [0.1, 0.15) is 0 Å². The summed E-state index contributed by atoms with van der Waals surface area (Å²) in [7, 11) is 0. The van der Waals surface area contributed by atoms with Crippen LogP contribution >= 0.6 is 0 Å². The molecule has 0 radical (unpaired) electrons. The molecule has 1 aromatic heterocycles. The molecule has 82 valence electrons. The first-order chi connectivity index (χ1) is 7.04. The van der Waals surface area contributed by atoms with Crippen LogP contribution in [0.3, 0.4) is 0 Å². The zero-order chi connectivity index (χ0) is 10.9. The van der Waals surface area contributed by atoms with Gasteiger partial charge in [0.2, 0.25) is 11.8 Å². The van der Waals surface area contributed by atoms with Crippen molar-refractivity contribution in [2.24, 2.45) is 0 Å². The Morgan fingerprint density at radius 2 is 2.27 bits per heavy atom. The van der Waals surface area contributed by atoms with Crippen molar-refractivity contribution in [3.8, 4) is 11.8 Å². The number of pyridine rings is 1. The number of ether oxygens (including phenoxy) is 1. The standard InChI is InChI=1S/C8H7F3N2O2/c9-8(10,11)4-14-6-2-1-5-3-12-15-7(5)13-6/h1-2,12H,3-4H2. The molecule has 1 aliphatic rings. The second kappa shape index (κ2) is 3.58. The minimum atomic E-state index is -4.36. The molecular weight excluding hydrogens is 213 g/mol. The Kier molecular flexibility index (Phi) is 2.39. The third-order valence-electron chi connectivity index (χ3n) is 1.73. The smallest absolute Gasteiger partial charge is 0.422 e. The average Bonchev–Trinajstić information content (AvgIpc) is 2.60. The number of hydroxylamine groups is 1. The number of rotatable bonds is 2. The van der Waals surface area contributed by atoms with E-state index in [0.29, 0.717) is 6.54 Å². The maximum absolute atomic E-state index is 11.8. The summed E-state index contributed by atoms with van der Waals surface area (Å²) in [6.07, 6.45) is -4.36. The Balaban J connectivity index is 2.04. The van der Waals surface area contributed by atoms with E-state index in [1.807, 2.05) is 0 Å². The van der Waals surface area contributed by atoms with E-state index in [0.717, 1.165) is 5.56 Å². The van der Waals surface area contributed by atoms with E-state index in [4.69, 9.17) is 4.84 Å². The fraction of sp³-hybridized carbons (Fsp3) is 0.375. The summed E-state index contributed by atoms with van der Waals surface area (Å²) in [5.41, 5.74) is 3.33. The van der Waals surface area contributed by atoms with Gasteiger partial charge in [-0.05, 0) is 6.07 Å². The van der Waals surface area contributed by atoms with E-state index in [9.17, 15) is 13.2 Å². The molecule has 0 unspecified atom stereocenters. The van der Waals surface area contributed by atoms with E-state index in [2.05, 4.69) is 15.2 Å². The third kappa shape index (κ3) is 2.50. The van der Waals surface area contributed by atoms with Gasteiger partial charge in [-0.2, -0.15) is 23.6 Å². The van der Waals surface area contributed by atoms with E-state index < -0.39 is 12.8 Å². The summed E-state index contributed by atoms with van der Waals surface area (Å²) >= 11 is 0. The van der Waals surface area contributed by atoms with Crippen LogP contribution in [0.15, 0.2) is 12.1 Å². The molecule has 0 spiro atoms. The molecule has 1 N–H and O–H groups in total. The molecule has 0 aliphatic carbocycles. The Labute approximate surface area is 83.0 Å². The summed E-state index contributed by atoms with van der Waals surface area (Å²) in [5.74, 6) is 0.157. The monoisotopic (exact) mass is 220 g/mol. The Morgan fingerprint density at radius 1 is 1.47 bits per heavy atom. The van der Waals surface area contributed by atoms with Crippen molar-refractivity contribution in [1.29, 1.82) is 0 Å². The first-order valence-corrected chi connectivity index (χ1v) is 4.14. The normalized spacial score (nSPS) is 14.6.